The van der Waals surface area contributed by atoms with Crippen LogP contribution in [0.2, 0.25) is 0 Å². The van der Waals surface area contributed by atoms with Crippen LogP contribution in [-0.2, 0) is 4.79 Å². The highest BCUT2D eigenvalue weighted by Gasteiger charge is 2.29. The van der Waals surface area contributed by atoms with Crippen molar-refractivity contribution in [3.8, 4) is 0 Å². The van der Waals surface area contributed by atoms with Crippen LogP contribution in [0.4, 0.5) is 0 Å². The highest BCUT2D eigenvalue weighted by atomic mass is 16.2. The zero-order chi connectivity index (χ0) is 19.2. The SMILES string of the molecule is Cc1cc(C)cc(C(=O)N2CCCC(C(=O)NCCC3CCCNC3)C2)c1. The van der Waals surface area contributed by atoms with E-state index in [1.165, 1.54) is 12.8 Å². The molecule has 5 nitrogen and oxygen atoms in total. The smallest absolute Gasteiger partial charge is 0.253 e. The molecule has 2 fully saturated rings. The average Bonchev–Trinajstić information content (AvgIpc) is 2.67. The lowest BCUT2D eigenvalue weighted by Gasteiger charge is -2.32. The predicted octanol–water partition coefficient (Wildman–Crippen LogP) is 2.66. The van der Waals surface area contributed by atoms with E-state index in [0.29, 0.717) is 12.5 Å². The van der Waals surface area contributed by atoms with Gasteiger partial charge in [0.15, 0.2) is 0 Å². The van der Waals surface area contributed by atoms with Crippen molar-refractivity contribution in [2.45, 2.75) is 46.0 Å². The van der Waals surface area contributed by atoms with E-state index in [-0.39, 0.29) is 17.7 Å². The summed E-state index contributed by atoms with van der Waals surface area (Å²) in [6, 6.07) is 5.96. The number of piperidine rings is 2. The Labute approximate surface area is 162 Å². The van der Waals surface area contributed by atoms with Crippen molar-refractivity contribution in [2.75, 3.05) is 32.7 Å². The Kier molecular flexibility index (Phi) is 6.89. The molecule has 0 spiro atoms. The number of hydrogen-bond acceptors (Lipinski definition) is 3. The molecule has 148 valence electrons. The summed E-state index contributed by atoms with van der Waals surface area (Å²) >= 11 is 0. The van der Waals surface area contributed by atoms with Crippen molar-refractivity contribution < 1.29 is 9.59 Å². The van der Waals surface area contributed by atoms with Gasteiger partial charge < -0.3 is 15.5 Å². The van der Waals surface area contributed by atoms with Gasteiger partial charge in [-0.3, -0.25) is 9.59 Å². The summed E-state index contributed by atoms with van der Waals surface area (Å²) in [5.41, 5.74) is 2.93. The Morgan fingerprint density at radius 2 is 1.93 bits per heavy atom. The molecule has 0 aliphatic carbocycles. The fraction of sp³-hybridized carbons (Fsp3) is 0.636. The Morgan fingerprint density at radius 1 is 1.15 bits per heavy atom. The van der Waals surface area contributed by atoms with E-state index in [2.05, 4.69) is 16.7 Å². The second-order valence-electron chi connectivity index (χ2n) is 8.26. The molecule has 2 aliphatic heterocycles. The van der Waals surface area contributed by atoms with Crippen molar-refractivity contribution in [3.63, 3.8) is 0 Å². The number of amides is 2. The van der Waals surface area contributed by atoms with Crippen molar-refractivity contribution >= 4 is 11.8 Å². The first-order chi connectivity index (χ1) is 13.0. The third kappa shape index (κ3) is 5.55. The van der Waals surface area contributed by atoms with Crippen LogP contribution in [0.5, 0.6) is 0 Å². The van der Waals surface area contributed by atoms with Gasteiger partial charge >= 0.3 is 0 Å². The second-order valence-corrected chi connectivity index (χ2v) is 8.26. The zero-order valence-corrected chi connectivity index (χ0v) is 16.7. The van der Waals surface area contributed by atoms with Crippen LogP contribution in [-0.4, -0.2) is 49.4 Å². The molecule has 2 N–H and O–H groups in total. The number of nitrogens with zero attached hydrogens (tertiary/aromatic N) is 1. The van der Waals surface area contributed by atoms with Gasteiger partial charge in [0.1, 0.15) is 0 Å². The van der Waals surface area contributed by atoms with Gasteiger partial charge in [-0.15, -0.1) is 0 Å². The molecule has 3 rings (SSSR count). The maximum Gasteiger partial charge on any atom is 0.253 e. The van der Waals surface area contributed by atoms with E-state index >= 15 is 0 Å². The predicted molar refractivity (Wildman–Crippen MR) is 108 cm³/mol. The minimum absolute atomic E-state index is 0.0487. The Hall–Kier alpha value is -1.88. The minimum Gasteiger partial charge on any atom is -0.356 e. The molecule has 0 aromatic heterocycles. The molecular formula is C22H33N3O2. The van der Waals surface area contributed by atoms with Gasteiger partial charge in [-0.05, 0) is 77.1 Å². The molecule has 5 heteroatoms. The summed E-state index contributed by atoms with van der Waals surface area (Å²) in [6.07, 6.45) is 5.28. The van der Waals surface area contributed by atoms with Gasteiger partial charge in [0, 0.05) is 25.2 Å². The Bertz CT molecular complexity index is 647. The number of nitrogens with one attached hydrogen (secondary N) is 2. The molecule has 1 aromatic carbocycles. The number of aryl methyl sites for hydroxylation is 2. The number of likely N-dealkylation sites (tertiary alicyclic amines) is 1. The van der Waals surface area contributed by atoms with Crippen LogP contribution >= 0.6 is 0 Å². The first kappa shape index (κ1) is 19.9. The van der Waals surface area contributed by atoms with E-state index in [1.807, 2.05) is 30.9 Å². The number of carbonyl (C=O) groups is 2. The van der Waals surface area contributed by atoms with Gasteiger partial charge in [0.25, 0.3) is 5.91 Å². The van der Waals surface area contributed by atoms with Crippen LogP contribution in [0.25, 0.3) is 0 Å². The van der Waals surface area contributed by atoms with Crippen molar-refractivity contribution in [2.24, 2.45) is 11.8 Å². The van der Waals surface area contributed by atoms with Crippen molar-refractivity contribution in [3.05, 3.63) is 34.9 Å². The van der Waals surface area contributed by atoms with Gasteiger partial charge in [0.2, 0.25) is 5.91 Å². The topological polar surface area (TPSA) is 61.4 Å². The molecule has 2 saturated heterocycles. The first-order valence-corrected chi connectivity index (χ1v) is 10.4. The van der Waals surface area contributed by atoms with Crippen LogP contribution < -0.4 is 10.6 Å². The molecular weight excluding hydrogens is 338 g/mol. The molecule has 2 heterocycles. The minimum atomic E-state index is -0.0851. The Balaban J connectivity index is 1.50. The third-order valence-corrected chi connectivity index (χ3v) is 5.80. The van der Waals surface area contributed by atoms with E-state index in [9.17, 15) is 9.59 Å². The van der Waals surface area contributed by atoms with E-state index in [1.54, 1.807) is 0 Å². The maximum absolute atomic E-state index is 12.9. The Morgan fingerprint density at radius 3 is 2.63 bits per heavy atom. The largest absolute Gasteiger partial charge is 0.356 e. The molecule has 2 amide bonds. The van der Waals surface area contributed by atoms with E-state index in [4.69, 9.17) is 0 Å². The molecule has 27 heavy (non-hydrogen) atoms. The normalized spacial score (nSPS) is 23.1. The summed E-state index contributed by atoms with van der Waals surface area (Å²) in [5.74, 6) is 0.746. The maximum atomic E-state index is 12.9. The zero-order valence-electron chi connectivity index (χ0n) is 16.7. The summed E-state index contributed by atoms with van der Waals surface area (Å²) in [5, 5.41) is 6.53. The van der Waals surface area contributed by atoms with Gasteiger partial charge in [0.05, 0.1) is 5.92 Å². The highest BCUT2D eigenvalue weighted by molar-refractivity contribution is 5.95. The van der Waals surface area contributed by atoms with Crippen molar-refractivity contribution in [1.82, 2.24) is 15.5 Å². The van der Waals surface area contributed by atoms with Crippen LogP contribution in [0.1, 0.15) is 53.6 Å². The van der Waals surface area contributed by atoms with Crippen molar-refractivity contribution in [1.29, 1.82) is 0 Å². The van der Waals surface area contributed by atoms with E-state index in [0.717, 1.165) is 62.1 Å². The van der Waals surface area contributed by atoms with Crippen LogP contribution in [0, 0.1) is 25.7 Å². The monoisotopic (exact) mass is 371 g/mol. The lowest BCUT2D eigenvalue weighted by Crippen LogP contribution is -2.46. The lowest BCUT2D eigenvalue weighted by molar-refractivity contribution is -0.126. The van der Waals surface area contributed by atoms with E-state index < -0.39 is 0 Å². The number of hydrogen-bond donors (Lipinski definition) is 2. The first-order valence-electron chi connectivity index (χ1n) is 10.4. The quantitative estimate of drug-likeness (QED) is 0.836. The number of benzene rings is 1. The molecule has 0 radical (unpaired) electrons. The summed E-state index contributed by atoms with van der Waals surface area (Å²) in [4.78, 5) is 27.3. The molecule has 0 saturated carbocycles. The highest BCUT2D eigenvalue weighted by Crippen LogP contribution is 2.20. The molecule has 0 bridgehead atoms. The van der Waals surface area contributed by atoms with Crippen LogP contribution in [0.15, 0.2) is 18.2 Å². The average molecular weight is 372 g/mol. The molecule has 2 aliphatic rings. The molecule has 1 aromatic rings. The van der Waals surface area contributed by atoms with Gasteiger partial charge in [-0.1, -0.05) is 17.2 Å². The third-order valence-electron chi connectivity index (χ3n) is 5.80. The molecule has 2 unspecified atom stereocenters. The standard InChI is InChI=1S/C22H33N3O2/c1-16-11-17(2)13-20(12-16)22(27)25-10-4-6-19(15-25)21(26)24-9-7-18-5-3-8-23-14-18/h11-13,18-19,23H,3-10,14-15H2,1-2H3,(H,24,26). The molecule has 2 atom stereocenters. The van der Waals surface area contributed by atoms with Gasteiger partial charge in [-0.2, -0.15) is 0 Å². The lowest BCUT2D eigenvalue weighted by atomic mass is 9.94. The van der Waals surface area contributed by atoms with Gasteiger partial charge in [-0.25, -0.2) is 0 Å². The number of rotatable bonds is 5. The number of carbonyl (C=O) groups excluding carboxylic acids is 2. The summed E-state index contributed by atoms with van der Waals surface area (Å²) in [7, 11) is 0. The van der Waals surface area contributed by atoms with Crippen LogP contribution in [0.3, 0.4) is 0 Å². The fourth-order valence-corrected chi connectivity index (χ4v) is 4.37. The summed E-state index contributed by atoms with van der Waals surface area (Å²) < 4.78 is 0. The second kappa shape index (κ2) is 9.36. The summed E-state index contributed by atoms with van der Waals surface area (Å²) in [6.45, 7) is 8.22. The fourth-order valence-electron chi connectivity index (χ4n) is 4.37.